The van der Waals surface area contributed by atoms with Gasteiger partial charge < -0.3 is 9.64 Å². The fourth-order valence-corrected chi connectivity index (χ4v) is 2.57. The number of carbonyl (C=O) groups excluding carboxylic acids is 1. The van der Waals surface area contributed by atoms with Gasteiger partial charge in [-0.15, -0.1) is 0 Å². The summed E-state index contributed by atoms with van der Waals surface area (Å²) in [5, 5.41) is 0. The van der Waals surface area contributed by atoms with Crippen molar-refractivity contribution in [3.8, 4) is 16.9 Å². The molecular weight excluding hydrogens is 288 g/mol. The normalized spacial score (nSPS) is 10.4. The van der Waals surface area contributed by atoms with Gasteiger partial charge in [0, 0.05) is 31.0 Å². The summed E-state index contributed by atoms with van der Waals surface area (Å²) < 4.78 is 5.58. The molecule has 0 saturated carbocycles. The first-order valence-corrected chi connectivity index (χ1v) is 8.08. The molecule has 0 N–H and O–H groups in total. The highest BCUT2D eigenvalue weighted by Gasteiger charge is 2.14. The summed E-state index contributed by atoms with van der Waals surface area (Å²) in [5.41, 5.74) is 3.72. The number of benzene rings is 1. The summed E-state index contributed by atoms with van der Waals surface area (Å²) >= 11 is 0. The molecule has 122 valence electrons. The van der Waals surface area contributed by atoms with Gasteiger partial charge in [0.05, 0.1) is 12.2 Å². The highest BCUT2D eigenvalue weighted by Crippen LogP contribution is 2.28. The molecule has 0 atom stereocenters. The molecule has 0 bridgehead atoms. The lowest BCUT2D eigenvalue weighted by atomic mass is 10.0. The summed E-state index contributed by atoms with van der Waals surface area (Å²) in [6, 6.07) is 7.90. The molecule has 0 unspecified atom stereocenters. The number of amides is 1. The third kappa shape index (κ3) is 3.89. The lowest BCUT2D eigenvalue weighted by molar-refractivity contribution is 0.0772. The van der Waals surface area contributed by atoms with E-state index < -0.39 is 0 Å². The van der Waals surface area contributed by atoms with Crippen LogP contribution in [0.1, 0.15) is 36.7 Å². The Morgan fingerprint density at radius 2 is 1.87 bits per heavy atom. The first-order chi connectivity index (χ1) is 11.1. The average molecular weight is 312 g/mol. The van der Waals surface area contributed by atoms with Crippen LogP contribution in [0.25, 0.3) is 11.1 Å². The molecule has 0 aliphatic heterocycles. The molecular formula is C19H24N2O2. The van der Waals surface area contributed by atoms with Crippen molar-refractivity contribution in [3.05, 3.63) is 47.8 Å². The van der Waals surface area contributed by atoms with Crippen LogP contribution < -0.4 is 4.74 Å². The second kappa shape index (κ2) is 7.77. The maximum atomic E-state index is 12.5. The van der Waals surface area contributed by atoms with Crippen molar-refractivity contribution in [1.82, 2.24) is 9.88 Å². The van der Waals surface area contributed by atoms with Crippen molar-refractivity contribution in [2.24, 2.45) is 0 Å². The molecule has 4 heteroatoms. The van der Waals surface area contributed by atoms with E-state index >= 15 is 0 Å². The maximum absolute atomic E-state index is 12.5. The summed E-state index contributed by atoms with van der Waals surface area (Å²) in [5.74, 6) is 0.844. The van der Waals surface area contributed by atoms with Gasteiger partial charge in [0.15, 0.2) is 0 Å². The van der Waals surface area contributed by atoms with E-state index in [1.165, 1.54) is 0 Å². The number of nitrogens with zero attached hydrogens (tertiary/aromatic N) is 2. The molecule has 1 amide bonds. The van der Waals surface area contributed by atoms with Crippen LogP contribution in [0.5, 0.6) is 5.75 Å². The van der Waals surface area contributed by atoms with Gasteiger partial charge in [-0.3, -0.25) is 9.78 Å². The quantitative estimate of drug-likeness (QED) is 0.811. The Kier molecular flexibility index (Phi) is 5.74. The van der Waals surface area contributed by atoms with Gasteiger partial charge in [0.1, 0.15) is 5.75 Å². The number of carbonyl (C=O) groups is 1. The first-order valence-electron chi connectivity index (χ1n) is 8.08. The topological polar surface area (TPSA) is 42.4 Å². The minimum absolute atomic E-state index is 0.0166. The molecule has 0 saturated heterocycles. The van der Waals surface area contributed by atoms with Gasteiger partial charge in [-0.05, 0) is 57.0 Å². The molecule has 23 heavy (non-hydrogen) atoms. The van der Waals surface area contributed by atoms with Crippen LogP contribution in [0.4, 0.5) is 0 Å². The monoisotopic (exact) mass is 312 g/mol. The molecule has 2 aromatic rings. The molecule has 0 fully saturated rings. The van der Waals surface area contributed by atoms with Gasteiger partial charge in [-0.2, -0.15) is 0 Å². The number of hydrogen-bond donors (Lipinski definition) is 0. The molecule has 0 aliphatic carbocycles. The second-order valence-corrected chi connectivity index (χ2v) is 5.35. The number of hydrogen-bond acceptors (Lipinski definition) is 3. The molecule has 0 spiro atoms. The summed E-state index contributed by atoms with van der Waals surface area (Å²) in [6.45, 7) is 9.98. The standard InChI is InChI=1S/C19H24N2O2/c1-5-21(6-2)19(22)16-10-15(12-20-13-16)18-11-17(23-7-3)9-8-14(18)4/h8-13H,5-7H2,1-4H3. The van der Waals surface area contributed by atoms with E-state index in [2.05, 4.69) is 4.98 Å². The van der Waals surface area contributed by atoms with E-state index in [1.807, 2.05) is 52.0 Å². The van der Waals surface area contributed by atoms with E-state index in [-0.39, 0.29) is 5.91 Å². The number of pyridine rings is 1. The summed E-state index contributed by atoms with van der Waals surface area (Å²) in [7, 11) is 0. The number of rotatable bonds is 6. The highest BCUT2D eigenvalue weighted by atomic mass is 16.5. The van der Waals surface area contributed by atoms with Gasteiger partial charge >= 0.3 is 0 Å². The predicted octanol–water partition coefficient (Wildman–Crippen LogP) is 3.94. The van der Waals surface area contributed by atoms with Gasteiger partial charge in [-0.1, -0.05) is 6.07 Å². The molecule has 2 rings (SSSR count). The smallest absolute Gasteiger partial charge is 0.255 e. The van der Waals surface area contributed by atoms with Crippen molar-refractivity contribution in [2.75, 3.05) is 19.7 Å². The Balaban J connectivity index is 2.40. The zero-order chi connectivity index (χ0) is 16.8. The molecule has 1 aromatic heterocycles. The van der Waals surface area contributed by atoms with Crippen LogP contribution in [0.2, 0.25) is 0 Å². The SMILES string of the molecule is CCOc1ccc(C)c(-c2cncc(C(=O)N(CC)CC)c2)c1. The molecule has 0 aliphatic rings. The van der Waals surface area contributed by atoms with Crippen LogP contribution in [0, 0.1) is 6.92 Å². The Morgan fingerprint density at radius 1 is 1.13 bits per heavy atom. The number of aromatic nitrogens is 1. The fourth-order valence-electron chi connectivity index (χ4n) is 2.57. The molecule has 4 nitrogen and oxygen atoms in total. The lowest BCUT2D eigenvalue weighted by Gasteiger charge is -2.19. The maximum Gasteiger partial charge on any atom is 0.255 e. The minimum atomic E-state index is 0.0166. The van der Waals surface area contributed by atoms with Gasteiger partial charge in [0.25, 0.3) is 5.91 Å². The van der Waals surface area contributed by atoms with Gasteiger partial charge in [0.2, 0.25) is 0 Å². The first kappa shape index (κ1) is 17.0. The molecule has 0 radical (unpaired) electrons. The molecule has 1 aromatic carbocycles. The zero-order valence-electron chi connectivity index (χ0n) is 14.3. The van der Waals surface area contributed by atoms with E-state index in [9.17, 15) is 4.79 Å². The second-order valence-electron chi connectivity index (χ2n) is 5.35. The van der Waals surface area contributed by atoms with Crippen LogP contribution in [-0.2, 0) is 0 Å². The van der Waals surface area contributed by atoms with E-state index in [0.717, 1.165) is 22.4 Å². The Bertz CT molecular complexity index is 679. The Hall–Kier alpha value is -2.36. The van der Waals surface area contributed by atoms with E-state index in [1.54, 1.807) is 17.3 Å². The third-order valence-corrected chi connectivity index (χ3v) is 3.87. The van der Waals surface area contributed by atoms with Crippen LogP contribution >= 0.6 is 0 Å². The lowest BCUT2D eigenvalue weighted by Crippen LogP contribution is -2.30. The number of aryl methyl sites for hydroxylation is 1. The number of ether oxygens (including phenoxy) is 1. The Morgan fingerprint density at radius 3 is 2.52 bits per heavy atom. The largest absolute Gasteiger partial charge is 0.494 e. The molecule has 1 heterocycles. The average Bonchev–Trinajstić information content (AvgIpc) is 2.58. The van der Waals surface area contributed by atoms with Crippen LogP contribution in [-0.4, -0.2) is 35.5 Å². The summed E-state index contributed by atoms with van der Waals surface area (Å²) in [4.78, 5) is 18.6. The fraction of sp³-hybridized carbons (Fsp3) is 0.368. The summed E-state index contributed by atoms with van der Waals surface area (Å²) in [6.07, 6.45) is 3.42. The van der Waals surface area contributed by atoms with Crippen LogP contribution in [0.15, 0.2) is 36.7 Å². The highest BCUT2D eigenvalue weighted by molar-refractivity contribution is 5.95. The van der Waals surface area contributed by atoms with E-state index in [0.29, 0.717) is 25.3 Å². The third-order valence-electron chi connectivity index (χ3n) is 3.87. The van der Waals surface area contributed by atoms with E-state index in [4.69, 9.17) is 4.74 Å². The van der Waals surface area contributed by atoms with Crippen LogP contribution in [0.3, 0.4) is 0 Å². The van der Waals surface area contributed by atoms with Crippen molar-refractivity contribution in [2.45, 2.75) is 27.7 Å². The van der Waals surface area contributed by atoms with Crippen molar-refractivity contribution >= 4 is 5.91 Å². The van der Waals surface area contributed by atoms with Gasteiger partial charge in [-0.25, -0.2) is 0 Å². The minimum Gasteiger partial charge on any atom is -0.494 e. The zero-order valence-corrected chi connectivity index (χ0v) is 14.3. The van der Waals surface area contributed by atoms with Crippen molar-refractivity contribution in [3.63, 3.8) is 0 Å². The van der Waals surface area contributed by atoms with Crippen molar-refractivity contribution in [1.29, 1.82) is 0 Å². The Labute approximate surface area is 138 Å². The predicted molar refractivity (Wildman–Crippen MR) is 92.8 cm³/mol. The van der Waals surface area contributed by atoms with Crippen molar-refractivity contribution < 1.29 is 9.53 Å².